The summed E-state index contributed by atoms with van der Waals surface area (Å²) in [6.07, 6.45) is 0.961. The number of amides is 1. The largest absolute Gasteiger partial charge is 0.455 e. The van der Waals surface area contributed by atoms with Gasteiger partial charge in [0.15, 0.2) is 6.61 Å². The second-order valence-corrected chi connectivity index (χ2v) is 7.63. The summed E-state index contributed by atoms with van der Waals surface area (Å²) in [6, 6.07) is 8.58. The van der Waals surface area contributed by atoms with E-state index in [9.17, 15) is 25.0 Å². The third-order valence-corrected chi connectivity index (χ3v) is 5.38. The highest BCUT2D eigenvalue weighted by molar-refractivity contribution is 5.82. The molecule has 1 aromatic rings. The van der Waals surface area contributed by atoms with Gasteiger partial charge in [0, 0.05) is 19.2 Å². The highest BCUT2D eigenvalue weighted by Gasteiger charge is 2.32. The molecule has 1 fully saturated rings. The number of nitrogens with one attached hydrogen (secondary N) is 1. The molecule has 1 heterocycles. The van der Waals surface area contributed by atoms with Crippen LogP contribution in [0.5, 0.6) is 0 Å². The Morgan fingerprint density at radius 1 is 1.38 bits per heavy atom. The highest BCUT2D eigenvalue weighted by Crippen LogP contribution is 2.31. The maximum atomic E-state index is 12.3. The number of hydrogen-bond acceptors (Lipinski definition) is 7. The molecule has 9 nitrogen and oxygen atoms in total. The van der Waals surface area contributed by atoms with Crippen LogP contribution in [0, 0.1) is 33.3 Å². The molecule has 1 aliphatic rings. The number of anilines is 1. The van der Waals surface area contributed by atoms with Crippen LogP contribution in [0.25, 0.3) is 0 Å². The number of benzene rings is 1. The van der Waals surface area contributed by atoms with E-state index in [1.54, 1.807) is 25.1 Å². The first kappa shape index (κ1) is 22.1. The Kier molecular flexibility index (Phi) is 7.15. The first-order valence-corrected chi connectivity index (χ1v) is 9.55. The van der Waals surface area contributed by atoms with Crippen LogP contribution in [-0.4, -0.2) is 42.0 Å². The molecule has 0 radical (unpaired) electrons. The van der Waals surface area contributed by atoms with Gasteiger partial charge in [-0.3, -0.25) is 19.7 Å². The van der Waals surface area contributed by atoms with Crippen LogP contribution in [0.15, 0.2) is 24.3 Å². The average molecular weight is 402 g/mol. The van der Waals surface area contributed by atoms with Crippen molar-refractivity contribution in [2.45, 2.75) is 39.2 Å². The minimum atomic E-state index is -1.03. The summed E-state index contributed by atoms with van der Waals surface area (Å²) in [4.78, 5) is 37.0. The molecule has 29 heavy (non-hydrogen) atoms. The fourth-order valence-electron chi connectivity index (χ4n) is 3.12. The number of piperidine rings is 1. The lowest BCUT2D eigenvalue weighted by atomic mass is 9.90. The van der Waals surface area contributed by atoms with E-state index in [4.69, 9.17) is 4.74 Å². The number of hydrogen-bond donors (Lipinski definition) is 1. The number of nitro benzene ring substituents is 1. The Balaban J connectivity index is 1.86. The van der Waals surface area contributed by atoms with Crippen molar-refractivity contribution < 1.29 is 19.2 Å². The van der Waals surface area contributed by atoms with E-state index >= 15 is 0 Å². The summed E-state index contributed by atoms with van der Waals surface area (Å²) >= 11 is 0. The third kappa shape index (κ3) is 5.44. The van der Waals surface area contributed by atoms with E-state index in [-0.39, 0.29) is 17.5 Å². The smallest absolute Gasteiger partial charge is 0.309 e. The molecule has 1 atom stereocenters. The number of nitrogens with zero attached hydrogens (tertiary/aromatic N) is 3. The number of nitro groups is 1. The molecule has 1 aliphatic heterocycles. The van der Waals surface area contributed by atoms with E-state index in [1.807, 2.05) is 18.7 Å². The maximum Gasteiger partial charge on any atom is 0.309 e. The molecule has 0 aromatic heterocycles. The monoisotopic (exact) mass is 402 g/mol. The van der Waals surface area contributed by atoms with Crippen molar-refractivity contribution in [1.82, 2.24) is 5.32 Å². The highest BCUT2D eigenvalue weighted by atomic mass is 16.6. The molecular weight excluding hydrogens is 376 g/mol. The van der Waals surface area contributed by atoms with Crippen molar-refractivity contribution in [2.24, 2.45) is 11.8 Å². The van der Waals surface area contributed by atoms with Crippen molar-refractivity contribution >= 4 is 23.3 Å². The van der Waals surface area contributed by atoms with E-state index in [2.05, 4.69) is 11.4 Å². The van der Waals surface area contributed by atoms with Crippen LogP contribution in [0.2, 0.25) is 0 Å². The normalized spacial score (nSPS) is 16.6. The van der Waals surface area contributed by atoms with Crippen LogP contribution in [0.1, 0.15) is 33.6 Å². The van der Waals surface area contributed by atoms with E-state index in [0.717, 1.165) is 0 Å². The van der Waals surface area contributed by atoms with E-state index in [1.165, 1.54) is 6.07 Å². The van der Waals surface area contributed by atoms with Crippen LogP contribution in [-0.2, 0) is 14.3 Å². The zero-order chi connectivity index (χ0) is 21.6. The van der Waals surface area contributed by atoms with Crippen LogP contribution in [0.3, 0.4) is 0 Å². The van der Waals surface area contributed by atoms with Crippen LogP contribution >= 0.6 is 0 Å². The molecule has 9 heteroatoms. The third-order valence-electron chi connectivity index (χ3n) is 5.38. The molecule has 0 saturated carbocycles. The number of ether oxygens (including phenoxy) is 1. The Morgan fingerprint density at radius 2 is 2.00 bits per heavy atom. The molecule has 0 aliphatic carbocycles. The zero-order valence-electron chi connectivity index (χ0n) is 16.9. The number of para-hydroxylation sites is 2. The second-order valence-electron chi connectivity index (χ2n) is 7.63. The number of nitriles is 1. The quantitative estimate of drug-likeness (QED) is 0.422. The Labute approximate surface area is 169 Å². The van der Waals surface area contributed by atoms with Gasteiger partial charge < -0.3 is 15.0 Å². The average Bonchev–Trinajstić information content (AvgIpc) is 2.71. The summed E-state index contributed by atoms with van der Waals surface area (Å²) in [7, 11) is 0. The molecule has 0 bridgehead atoms. The second kappa shape index (κ2) is 9.37. The number of carbonyl (C=O) groups is 2. The Bertz CT molecular complexity index is 811. The Hall–Kier alpha value is -3.15. The van der Waals surface area contributed by atoms with Gasteiger partial charge in [-0.2, -0.15) is 5.26 Å². The number of rotatable bonds is 7. The van der Waals surface area contributed by atoms with Crippen molar-refractivity contribution in [3.8, 4) is 6.07 Å². The van der Waals surface area contributed by atoms with Gasteiger partial charge in [-0.1, -0.05) is 26.0 Å². The Morgan fingerprint density at radius 3 is 2.55 bits per heavy atom. The molecule has 2 rings (SSSR count). The molecule has 1 saturated heterocycles. The minimum Gasteiger partial charge on any atom is -0.455 e. The molecule has 0 spiro atoms. The summed E-state index contributed by atoms with van der Waals surface area (Å²) in [5.74, 6) is -1.45. The summed E-state index contributed by atoms with van der Waals surface area (Å²) < 4.78 is 5.13. The van der Waals surface area contributed by atoms with E-state index < -0.39 is 28.9 Å². The van der Waals surface area contributed by atoms with Crippen LogP contribution < -0.4 is 10.2 Å². The first-order chi connectivity index (χ1) is 13.7. The van der Waals surface area contributed by atoms with Crippen molar-refractivity contribution in [1.29, 1.82) is 5.26 Å². The van der Waals surface area contributed by atoms with Gasteiger partial charge in [0.2, 0.25) is 0 Å². The standard InChI is InChI=1S/C20H26N4O5/c1-14(2)20(3,13-21)22-18(25)12-29-19(26)15-8-10-23(11-9-15)16-6-4-5-7-17(16)24(27)28/h4-7,14-15H,8-12H2,1-3H3,(H,22,25)/t20-/m0/s1. The van der Waals surface area contributed by atoms with Crippen molar-refractivity contribution in [3.63, 3.8) is 0 Å². The van der Waals surface area contributed by atoms with Gasteiger partial charge >= 0.3 is 5.97 Å². The fourth-order valence-corrected chi connectivity index (χ4v) is 3.12. The van der Waals surface area contributed by atoms with Gasteiger partial charge in [0.05, 0.1) is 16.9 Å². The lowest BCUT2D eigenvalue weighted by Gasteiger charge is -2.32. The fraction of sp³-hybridized carbons (Fsp3) is 0.550. The van der Waals surface area contributed by atoms with Gasteiger partial charge in [0.25, 0.3) is 11.6 Å². The molecule has 1 aromatic carbocycles. The molecule has 1 amide bonds. The maximum absolute atomic E-state index is 12.3. The van der Waals surface area contributed by atoms with Crippen molar-refractivity contribution in [2.75, 3.05) is 24.6 Å². The van der Waals surface area contributed by atoms with E-state index in [0.29, 0.717) is 31.6 Å². The lowest BCUT2D eigenvalue weighted by molar-refractivity contribution is -0.384. The summed E-state index contributed by atoms with van der Waals surface area (Å²) in [5, 5.41) is 23.0. The predicted octanol–water partition coefficient (Wildman–Crippen LogP) is 2.41. The van der Waals surface area contributed by atoms with Crippen LogP contribution in [0.4, 0.5) is 11.4 Å². The minimum absolute atomic E-state index is 0.0379. The SMILES string of the molecule is CC(C)[C@](C)(C#N)NC(=O)COC(=O)C1CCN(c2ccccc2[N+](=O)[O-])CC1. The molecule has 156 valence electrons. The first-order valence-electron chi connectivity index (χ1n) is 9.55. The topological polar surface area (TPSA) is 126 Å². The van der Waals surface area contributed by atoms with Gasteiger partial charge in [-0.05, 0) is 31.7 Å². The van der Waals surface area contributed by atoms with Gasteiger partial charge in [-0.15, -0.1) is 0 Å². The number of carbonyl (C=O) groups excluding carboxylic acids is 2. The lowest BCUT2D eigenvalue weighted by Crippen LogP contribution is -2.50. The number of esters is 1. The van der Waals surface area contributed by atoms with Gasteiger partial charge in [0.1, 0.15) is 11.2 Å². The summed E-state index contributed by atoms with van der Waals surface area (Å²) in [5.41, 5.74) is -0.455. The molecular formula is C20H26N4O5. The molecule has 1 N–H and O–H groups in total. The van der Waals surface area contributed by atoms with Gasteiger partial charge in [-0.25, -0.2) is 0 Å². The summed E-state index contributed by atoms with van der Waals surface area (Å²) in [6.45, 7) is 5.79. The zero-order valence-corrected chi connectivity index (χ0v) is 16.9. The van der Waals surface area contributed by atoms with Crippen molar-refractivity contribution in [3.05, 3.63) is 34.4 Å². The molecule has 0 unspecified atom stereocenters. The predicted molar refractivity (Wildman–Crippen MR) is 106 cm³/mol.